The molecule has 1 nitrogen and oxygen atoms in total. The third kappa shape index (κ3) is 2.48. The summed E-state index contributed by atoms with van der Waals surface area (Å²) in [6.45, 7) is 1.92. The molecule has 0 aromatic heterocycles. The second kappa shape index (κ2) is 4.32. The molecule has 1 aromatic rings. The summed E-state index contributed by atoms with van der Waals surface area (Å²) in [5.74, 6) is 2.41. The van der Waals surface area contributed by atoms with Crippen LogP contribution in [0.1, 0.15) is 23.7 Å². The van der Waals surface area contributed by atoms with Crippen LogP contribution in [0.2, 0.25) is 5.02 Å². The number of aryl methyl sites for hydroxylation is 1. The minimum Gasteiger partial charge on any atom is -0.387 e. The zero-order chi connectivity index (χ0) is 9.84. The molecule has 0 heterocycles. The molecule has 2 heteroatoms. The van der Waals surface area contributed by atoms with E-state index in [0.29, 0.717) is 11.4 Å². The van der Waals surface area contributed by atoms with Crippen LogP contribution in [0.4, 0.5) is 0 Å². The first kappa shape index (κ1) is 10.1. The molecule has 1 atom stereocenters. The van der Waals surface area contributed by atoms with Crippen molar-refractivity contribution in [3.8, 4) is 12.3 Å². The Morgan fingerprint density at radius 2 is 2.31 bits per heavy atom. The van der Waals surface area contributed by atoms with Crippen molar-refractivity contribution < 1.29 is 5.11 Å². The average molecular weight is 195 g/mol. The van der Waals surface area contributed by atoms with Crippen LogP contribution < -0.4 is 0 Å². The molecule has 0 aliphatic heterocycles. The van der Waals surface area contributed by atoms with Crippen LogP contribution in [0.3, 0.4) is 0 Å². The molecule has 0 aliphatic carbocycles. The largest absolute Gasteiger partial charge is 0.387 e. The highest BCUT2D eigenvalue weighted by Crippen LogP contribution is 2.22. The van der Waals surface area contributed by atoms with Crippen molar-refractivity contribution in [2.75, 3.05) is 0 Å². The van der Waals surface area contributed by atoms with Gasteiger partial charge in [0.1, 0.15) is 0 Å². The van der Waals surface area contributed by atoms with Crippen molar-refractivity contribution in [2.24, 2.45) is 0 Å². The normalized spacial score (nSPS) is 12.2. The standard InChI is InChI=1S/C11H11ClO/c1-3-4-11(13)9-6-5-8(2)10(12)7-9/h1,5-7,11,13H,4H2,2H3. The third-order valence-electron chi connectivity index (χ3n) is 1.89. The molecule has 0 saturated carbocycles. The molecule has 0 fully saturated rings. The SMILES string of the molecule is C#CCC(O)c1ccc(C)c(Cl)c1. The summed E-state index contributed by atoms with van der Waals surface area (Å²) in [7, 11) is 0. The van der Waals surface area contributed by atoms with Gasteiger partial charge < -0.3 is 5.11 Å². The van der Waals surface area contributed by atoms with E-state index in [1.165, 1.54) is 0 Å². The number of hydrogen-bond donors (Lipinski definition) is 1. The summed E-state index contributed by atoms with van der Waals surface area (Å²) in [5.41, 5.74) is 1.77. The summed E-state index contributed by atoms with van der Waals surface area (Å²) in [5, 5.41) is 10.2. The van der Waals surface area contributed by atoms with E-state index in [2.05, 4.69) is 5.92 Å². The van der Waals surface area contributed by atoms with Crippen LogP contribution in [0.5, 0.6) is 0 Å². The van der Waals surface area contributed by atoms with Crippen molar-refractivity contribution in [3.63, 3.8) is 0 Å². The Labute approximate surface area is 83.4 Å². The Morgan fingerprint density at radius 3 is 2.85 bits per heavy atom. The van der Waals surface area contributed by atoms with Gasteiger partial charge in [-0.3, -0.25) is 0 Å². The van der Waals surface area contributed by atoms with E-state index in [1.54, 1.807) is 6.07 Å². The van der Waals surface area contributed by atoms with Gasteiger partial charge in [-0.15, -0.1) is 12.3 Å². The number of rotatable bonds is 2. The molecule has 13 heavy (non-hydrogen) atoms. The summed E-state index contributed by atoms with van der Waals surface area (Å²) in [6, 6.07) is 5.46. The van der Waals surface area contributed by atoms with Crippen molar-refractivity contribution in [1.29, 1.82) is 0 Å². The highest BCUT2D eigenvalue weighted by atomic mass is 35.5. The molecule has 1 aromatic carbocycles. The van der Waals surface area contributed by atoms with Crippen molar-refractivity contribution in [3.05, 3.63) is 34.3 Å². The minimum absolute atomic E-state index is 0.319. The molecule has 0 spiro atoms. The van der Waals surface area contributed by atoms with Gasteiger partial charge in [-0.25, -0.2) is 0 Å². The molecule has 0 radical (unpaired) electrons. The molecule has 1 rings (SSSR count). The highest BCUT2D eigenvalue weighted by molar-refractivity contribution is 6.31. The van der Waals surface area contributed by atoms with Crippen LogP contribution >= 0.6 is 11.6 Å². The predicted molar refractivity (Wildman–Crippen MR) is 54.6 cm³/mol. The van der Waals surface area contributed by atoms with E-state index in [0.717, 1.165) is 11.1 Å². The molecule has 1 unspecified atom stereocenters. The lowest BCUT2D eigenvalue weighted by Gasteiger charge is -2.08. The van der Waals surface area contributed by atoms with Gasteiger partial charge in [-0.2, -0.15) is 0 Å². The van der Waals surface area contributed by atoms with Gasteiger partial charge in [0.05, 0.1) is 6.10 Å². The van der Waals surface area contributed by atoms with E-state index in [-0.39, 0.29) is 0 Å². The second-order valence-corrected chi connectivity index (χ2v) is 3.34. The Morgan fingerprint density at radius 1 is 1.62 bits per heavy atom. The summed E-state index contributed by atoms with van der Waals surface area (Å²) >= 11 is 5.90. The number of terminal acetylenes is 1. The van der Waals surface area contributed by atoms with Crippen molar-refractivity contribution >= 4 is 11.6 Å². The van der Waals surface area contributed by atoms with Gasteiger partial charge in [-0.1, -0.05) is 23.7 Å². The van der Waals surface area contributed by atoms with Gasteiger partial charge in [0.25, 0.3) is 0 Å². The number of aliphatic hydroxyl groups is 1. The molecule has 0 aliphatic rings. The number of halogens is 1. The van der Waals surface area contributed by atoms with Crippen LogP contribution in [0.15, 0.2) is 18.2 Å². The molecule has 1 N–H and O–H groups in total. The van der Waals surface area contributed by atoms with Gasteiger partial charge in [0.15, 0.2) is 0 Å². The van der Waals surface area contributed by atoms with E-state index in [1.807, 2.05) is 19.1 Å². The van der Waals surface area contributed by atoms with E-state index in [9.17, 15) is 5.11 Å². The van der Waals surface area contributed by atoms with E-state index in [4.69, 9.17) is 18.0 Å². The lowest BCUT2D eigenvalue weighted by atomic mass is 10.1. The maximum Gasteiger partial charge on any atom is 0.0899 e. The number of aliphatic hydroxyl groups excluding tert-OH is 1. The van der Waals surface area contributed by atoms with Crippen LogP contribution in [-0.2, 0) is 0 Å². The monoisotopic (exact) mass is 194 g/mol. The summed E-state index contributed by atoms with van der Waals surface area (Å²) in [6.07, 6.45) is 4.80. The molecular weight excluding hydrogens is 184 g/mol. The second-order valence-electron chi connectivity index (χ2n) is 2.93. The summed E-state index contributed by atoms with van der Waals surface area (Å²) in [4.78, 5) is 0. The maximum absolute atomic E-state index is 9.53. The van der Waals surface area contributed by atoms with Crippen molar-refractivity contribution in [2.45, 2.75) is 19.4 Å². The first-order valence-electron chi connectivity index (χ1n) is 4.02. The first-order valence-corrected chi connectivity index (χ1v) is 4.40. The highest BCUT2D eigenvalue weighted by Gasteiger charge is 2.06. The Kier molecular flexibility index (Phi) is 3.36. The minimum atomic E-state index is -0.608. The van der Waals surface area contributed by atoms with Gasteiger partial charge >= 0.3 is 0 Å². The van der Waals surface area contributed by atoms with Crippen molar-refractivity contribution in [1.82, 2.24) is 0 Å². The molecule has 0 saturated heterocycles. The third-order valence-corrected chi connectivity index (χ3v) is 2.30. The predicted octanol–water partition coefficient (Wildman–Crippen LogP) is 2.71. The fraction of sp³-hybridized carbons (Fsp3) is 0.273. The summed E-state index contributed by atoms with van der Waals surface area (Å²) < 4.78 is 0. The zero-order valence-corrected chi connectivity index (χ0v) is 8.17. The Bertz CT molecular complexity index is 338. The van der Waals surface area contributed by atoms with Gasteiger partial charge in [-0.05, 0) is 24.1 Å². The lowest BCUT2D eigenvalue weighted by molar-refractivity contribution is 0.184. The topological polar surface area (TPSA) is 20.2 Å². The lowest BCUT2D eigenvalue weighted by Crippen LogP contribution is -1.95. The molecular formula is C11H11ClO. The maximum atomic E-state index is 9.53. The van der Waals surface area contributed by atoms with Crippen LogP contribution in [0.25, 0.3) is 0 Å². The van der Waals surface area contributed by atoms with E-state index < -0.39 is 6.10 Å². The van der Waals surface area contributed by atoms with Gasteiger partial charge in [0.2, 0.25) is 0 Å². The van der Waals surface area contributed by atoms with Crippen LogP contribution in [-0.4, -0.2) is 5.11 Å². The van der Waals surface area contributed by atoms with Gasteiger partial charge in [0, 0.05) is 11.4 Å². The number of hydrogen-bond acceptors (Lipinski definition) is 1. The number of benzene rings is 1. The quantitative estimate of drug-likeness (QED) is 0.718. The smallest absolute Gasteiger partial charge is 0.0899 e. The van der Waals surface area contributed by atoms with E-state index >= 15 is 0 Å². The fourth-order valence-electron chi connectivity index (χ4n) is 1.05. The fourth-order valence-corrected chi connectivity index (χ4v) is 1.23. The Balaban J connectivity index is 2.91. The molecule has 68 valence electrons. The average Bonchev–Trinajstić information content (AvgIpc) is 2.10. The zero-order valence-electron chi connectivity index (χ0n) is 7.42. The first-order chi connectivity index (χ1) is 6.15. The van der Waals surface area contributed by atoms with Crippen LogP contribution in [0, 0.1) is 19.3 Å². The molecule has 0 amide bonds. The Hall–Kier alpha value is -0.970. The molecule has 0 bridgehead atoms.